The maximum absolute atomic E-state index is 10.8. The first-order chi connectivity index (χ1) is 8.11. The first kappa shape index (κ1) is 12.0. The van der Waals surface area contributed by atoms with Crippen molar-refractivity contribution in [3.05, 3.63) is 30.1 Å². The van der Waals surface area contributed by atoms with E-state index in [2.05, 4.69) is 15.6 Å². The number of aromatic nitrogens is 1. The van der Waals surface area contributed by atoms with Gasteiger partial charge in [0.1, 0.15) is 0 Å². The van der Waals surface area contributed by atoms with Gasteiger partial charge in [-0.2, -0.15) is 0 Å². The Morgan fingerprint density at radius 1 is 1.65 bits per heavy atom. The molecule has 5 nitrogen and oxygen atoms in total. The van der Waals surface area contributed by atoms with E-state index in [1.807, 2.05) is 25.1 Å². The third-order valence-corrected chi connectivity index (χ3v) is 3.07. The van der Waals surface area contributed by atoms with E-state index in [1.54, 1.807) is 6.20 Å². The Morgan fingerprint density at radius 2 is 2.41 bits per heavy atom. The number of nitrogens with zero attached hydrogens (tertiary/aromatic N) is 1. The predicted molar refractivity (Wildman–Crippen MR) is 63.6 cm³/mol. The number of rotatable bonds is 5. The lowest BCUT2D eigenvalue weighted by atomic mass is 9.87. The van der Waals surface area contributed by atoms with Gasteiger partial charge in [0.15, 0.2) is 0 Å². The number of carbonyl (C=O) groups is 1. The maximum atomic E-state index is 10.8. The molecule has 0 aromatic carbocycles. The number of carboxylic acid groups (broad SMARTS) is 1. The lowest BCUT2D eigenvalue weighted by Gasteiger charge is -2.44. The van der Waals surface area contributed by atoms with Crippen LogP contribution in [0.5, 0.6) is 0 Å². The molecule has 1 unspecified atom stereocenters. The minimum Gasteiger partial charge on any atom is -0.481 e. The second-order valence-corrected chi connectivity index (χ2v) is 4.58. The third kappa shape index (κ3) is 2.81. The average molecular weight is 235 g/mol. The number of aliphatic carboxylic acids is 1. The summed E-state index contributed by atoms with van der Waals surface area (Å²) in [7, 11) is 0. The summed E-state index contributed by atoms with van der Waals surface area (Å²) in [4.78, 5) is 15.1. The van der Waals surface area contributed by atoms with Gasteiger partial charge in [0, 0.05) is 25.3 Å². The molecule has 1 aromatic rings. The highest BCUT2D eigenvalue weighted by Crippen LogP contribution is 2.21. The van der Waals surface area contributed by atoms with Gasteiger partial charge in [-0.3, -0.25) is 9.78 Å². The molecule has 3 N–H and O–H groups in total. The van der Waals surface area contributed by atoms with Crippen LogP contribution in [-0.4, -0.2) is 34.7 Å². The van der Waals surface area contributed by atoms with Crippen LogP contribution in [0.25, 0.3) is 0 Å². The van der Waals surface area contributed by atoms with E-state index in [4.69, 9.17) is 5.11 Å². The van der Waals surface area contributed by atoms with Crippen molar-refractivity contribution in [3.63, 3.8) is 0 Å². The normalized spacial score (nSPS) is 19.4. The molecule has 17 heavy (non-hydrogen) atoms. The second kappa shape index (κ2) is 4.81. The van der Waals surface area contributed by atoms with Crippen molar-refractivity contribution in [1.82, 2.24) is 15.6 Å². The summed E-state index contributed by atoms with van der Waals surface area (Å²) >= 11 is 0. The molecule has 0 bridgehead atoms. The molecule has 0 saturated carbocycles. The highest BCUT2D eigenvalue weighted by atomic mass is 16.4. The molecule has 0 spiro atoms. The van der Waals surface area contributed by atoms with Gasteiger partial charge in [-0.15, -0.1) is 0 Å². The Balaban J connectivity index is 2.02. The van der Waals surface area contributed by atoms with Gasteiger partial charge in [0.25, 0.3) is 0 Å². The molecule has 1 aliphatic heterocycles. The monoisotopic (exact) mass is 235 g/mol. The van der Waals surface area contributed by atoms with Crippen LogP contribution in [0.2, 0.25) is 0 Å². The van der Waals surface area contributed by atoms with Gasteiger partial charge in [0.05, 0.1) is 17.7 Å². The van der Waals surface area contributed by atoms with E-state index in [0.29, 0.717) is 13.1 Å². The van der Waals surface area contributed by atoms with Crippen molar-refractivity contribution in [3.8, 4) is 0 Å². The minimum absolute atomic E-state index is 0.0534. The fourth-order valence-electron chi connectivity index (χ4n) is 2.16. The molecule has 0 aliphatic carbocycles. The predicted octanol–water partition coefficient (Wildman–Crippen LogP) is 0.549. The van der Waals surface area contributed by atoms with Gasteiger partial charge >= 0.3 is 5.97 Å². The summed E-state index contributed by atoms with van der Waals surface area (Å²) < 4.78 is 0. The van der Waals surface area contributed by atoms with Gasteiger partial charge in [-0.1, -0.05) is 6.07 Å². The van der Waals surface area contributed by atoms with Crippen LogP contribution < -0.4 is 10.6 Å². The van der Waals surface area contributed by atoms with Gasteiger partial charge in [-0.05, 0) is 19.1 Å². The van der Waals surface area contributed by atoms with Crippen LogP contribution in [0.15, 0.2) is 24.4 Å². The zero-order valence-electron chi connectivity index (χ0n) is 9.81. The summed E-state index contributed by atoms with van der Waals surface area (Å²) in [5.41, 5.74) is 0.604. The second-order valence-electron chi connectivity index (χ2n) is 4.58. The average Bonchev–Trinajstić information content (AvgIpc) is 2.26. The smallest absolute Gasteiger partial charge is 0.305 e. The summed E-state index contributed by atoms with van der Waals surface area (Å²) in [6.45, 7) is 3.39. The standard InChI is InChI=1S/C12H17N3O2/c1-9(10-4-2-3-5-14-10)15-12(6-11(16)17)7-13-8-12/h2-5,9,13,15H,6-8H2,1H3,(H,16,17). The SMILES string of the molecule is CC(NC1(CC(=O)O)CNC1)c1ccccn1. The zero-order valence-corrected chi connectivity index (χ0v) is 9.81. The fourth-order valence-corrected chi connectivity index (χ4v) is 2.16. The van der Waals surface area contributed by atoms with Gasteiger partial charge in [-0.25, -0.2) is 0 Å². The Labute approximate surface area is 100 Å². The number of carboxylic acids is 1. The van der Waals surface area contributed by atoms with Gasteiger partial charge < -0.3 is 15.7 Å². The van der Waals surface area contributed by atoms with Crippen molar-refractivity contribution >= 4 is 5.97 Å². The van der Waals surface area contributed by atoms with E-state index >= 15 is 0 Å². The number of hydrogen-bond donors (Lipinski definition) is 3. The molecule has 5 heteroatoms. The van der Waals surface area contributed by atoms with E-state index in [0.717, 1.165) is 5.69 Å². The van der Waals surface area contributed by atoms with Crippen LogP contribution in [0.3, 0.4) is 0 Å². The Hall–Kier alpha value is -1.46. The maximum Gasteiger partial charge on any atom is 0.305 e. The minimum atomic E-state index is -0.771. The first-order valence-electron chi connectivity index (χ1n) is 5.72. The van der Waals surface area contributed by atoms with Crippen LogP contribution in [-0.2, 0) is 4.79 Å². The summed E-state index contributed by atoms with van der Waals surface area (Å²) in [6.07, 6.45) is 1.88. The fraction of sp³-hybridized carbons (Fsp3) is 0.500. The van der Waals surface area contributed by atoms with Crippen LogP contribution in [0.4, 0.5) is 0 Å². The molecule has 0 radical (unpaired) electrons. The van der Waals surface area contributed by atoms with Crippen molar-refractivity contribution in [1.29, 1.82) is 0 Å². The summed E-state index contributed by atoms with van der Waals surface area (Å²) in [5.74, 6) is -0.771. The molecule has 0 amide bonds. The summed E-state index contributed by atoms with van der Waals surface area (Å²) in [5, 5.41) is 15.4. The largest absolute Gasteiger partial charge is 0.481 e. The summed E-state index contributed by atoms with van der Waals surface area (Å²) in [6, 6.07) is 5.80. The number of nitrogens with one attached hydrogen (secondary N) is 2. The van der Waals surface area contributed by atoms with E-state index in [9.17, 15) is 4.79 Å². The molecule has 1 fully saturated rings. The lowest BCUT2D eigenvalue weighted by molar-refractivity contribution is -0.139. The Morgan fingerprint density at radius 3 is 2.88 bits per heavy atom. The topological polar surface area (TPSA) is 74.2 Å². The Kier molecular flexibility index (Phi) is 3.40. The lowest BCUT2D eigenvalue weighted by Crippen LogP contribution is -2.68. The van der Waals surface area contributed by atoms with Crippen LogP contribution in [0, 0.1) is 0 Å². The van der Waals surface area contributed by atoms with Crippen molar-refractivity contribution < 1.29 is 9.90 Å². The zero-order chi connectivity index (χ0) is 12.3. The highest BCUT2D eigenvalue weighted by Gasteiger charge is 2.40. The van der Waals surface area contributed by atoms with Gasteiger partial charge in [0.2, 0.25) is 0 Å². The number of hydrogen-bond acceptors (Lipinski definition) is 4. The molecule has 2 rings (SSSR count). The van der Waals surface area contributed by atoms with E-state index in [-0.39, 0.29) is 18.0 Å². The number of pyridine rings is 1. The first-order valence-corrected chi connectivity index (χ1v) is 5.72. The third-order valence-electron chi connectivity index (χ3n) is 3.07. The van der Waals surface area contributed by atoms with Crippen LogP contribution >= 0.6 is 0 Å². The van der Waals surface area contributed by atoms with Crippen molar-refractivity contribution in [2.75, 3.05) is 13.1 Å². The van der Waals surface area contributed by atoms with E-state index in [1.165, 1.54) is 0 Å². The molecule has 1 aliphatic rings. The quantitative estimate of drug-likeness (QED) is 0.695. The molecule has 1 atom stereocenters. The highest BCUT2D eigenvalue weighted by molar-refractivity contribution is 5.68. The molecule has 92 valence electrons. The van der Waals surface area contributed by atoms with Crippen LogP contribution in [0.1, 0.15) is 25.1 Å². The molecule has 1 saturated heterocycles. The Bertz CT molecular complexity index is 390. The molecule has 1 aromatic heterocycles. The van der Waals surface area contributed by atoms with E-state index < -0.39 is 5.97 Å². The molecular formula is C12H17N3O2. The molecular weight excluding hydrogens is 218 g/mol. The van der Waals surface area contributed by atoms with Crippen molar-refractivity contribution in [2.45, 2.75) is 24.9 Å². The van der Waals surface area contributed by atoms with Crippen molar-refractivity contribution in [2.24, 2.45) is 0 Å². The molecule has 2 heterocycles.